The molecule has 0 unspecified atom stereocenters. The Morgan fingerprint density at radius 3 is 2.94 bits per heavy atom. The van der Waals surface area contributed by atoms with Gasteiger partial charge in [-0.15, -0.1) is 11.3 Å². The lowest BCUT2D eigenvalue weighted by Crippen LogP contribution is -2.04. The van der Waals surface area contributed by atoms with Crippen LogP contribution in [0.4, 0.5) is 0 Å². The highest BCUT2D eigenvalue weighted by Gasteiger charge is 2.19. The van der Waals surface area contributed by atoms with Crippen LogP contribution in [0.15, 0.2) is 16.5 Å². The molecule has 2 heterocycles. The number of aromatic nitrogens is 1. The highest BCUT2D eigenvalue weighted by Crippen LogP contribution is 2.31. The number of carbonyl (C=O) groups excluding carboxylic acids is 1. The average molecular weight is 272 g/mol. The Kier molecular flexibility index (Phi) is 3.49. The SMILES string of the molecule is CCOC(=O)c1oc(-c2ccc(Cl)s2)nc1C. The molecule has 0 saturated heterocycles. The van der Waals surface area contributed by atoms with Gasteiger partial charge in [0, 0.05) is 0 Å². The second kappa shape index (κ2) is 4.89. The minimum absolute atomic E-state index is 0.145. The van der Waals surface area contributed by atoms with Crippen molar-refractivity contribution in [3.63, 3.8) is 0 Å². The summed E-state index contributed by atoms with van der Waals surface area (Å²) in [5.74, 6) is 0.0419. The zero-order valence-corrected chi connectivity index (χ0v) is 10.9. The summed E-state index contributed by atoms with van der Waals surface area (Å²) in [6, 6.07) is 3.55. The summed E-state index contributed by atoms with van der Waals surface area (Å²) in [4.78, 5) is 16.5. The molecule has 0 amide bonds. The minimum Gasteiger partial charge on any atom is -0.460 e. The number of esters is 1. The van der Waals surface area contributed by atoms with Crippen LogP contribution >= 0.6 is 22.9 Å². The van der Waals surface area contributed by atoms with Crippen molar-refractivity contribution in [2.45, 2.75) is 13.8 Å². The lowest BCUT2D eigenvalue weighted by molar-refractivity contribution is 0.0490. The molecule has 0 fully saturated rings. The second-order valence-corrected chi connectivity index (χ2v) is 4.97. The summed E-state index contributed by atoms with van der Waals surface area (Å²) in [5.41, 5.74) is 0.517. The molecule has 2 aromatic rings. The summed E-state index contributed by atoms with van der Waals surface area (Å²) >= 11 is 7.17. The van der Waals surface area contributed by atoms with Gasteiger partial charge in [0.2, 0.25) is 11.7 Å². The molecule has 6 heteroatoms. The maximum atomic E-state index is 11.5. The first-order valence-electron chi connectivity index (χ1n) is 5.02. The molecule has 4 nitrogen and oxygen atoms in total. The molecule has 0 atom stereocenters. The monoisotopic (exact) mass is 271 g/mol. The van der Waals surface area contributed by atoms with Crippen LogP contribution in [0.25, 0.3) is 10.8 Å². The van der Waals surface area contributed by atoms with E-state index in [1.54, 1.807) is 26.0 Å². The molecular weight excluding hydrogens is 262 g/mol. The Morgan fingerprint density at radius 2 is 2.35 bits per heavy atom. The summed E-state index contributed by atoms with van der Waals surface area (Å²) in [6.07, 6.45) is 0. The summed E-state index contributed by atoms with van der Waals surface area (Å²) in [7, 11) is 0. The fraction of sp³-hybridized carbons (Fsp3) is 0.273. The smallest absolute Gasteiger partial charge is 0.376 e. The van der Waals surface area contributed by atoms with E-state index >= 15 is 0 Å². The van der Waals surface area contributed by atoms with E-state index in [4.69, 9.17) is 20.8 Å². The van der Waals surface area contributed by atoms with Crippen LogP contribution in [0.2, 0.25) is 4.34 Å². The largest absolute Gasteiger partial charge is 0.460 e. The van der Waals surface area contributed by atoms with Crippen LogP contribution in [0.3, 0.4) is 0 Å². The third kappa shape index (κ3) is 2.50. The van der Waals surface area contributed by atoms with Crippen molar-refractivity contribution in [1.82, 2.24) is 4.98 Å². The van der Waals surface area contributed by atoms with Crippen molar-refractivity contribution in [2.24, 2.45) is 0 Å². The molecule has 17 heavy (non-hydrogen) atoms. The van der Waals surface area contributed by atoms with E-state index in [0.29, 0.717) is 22.5 Å². The second-order valence-electron chi connectivity index (χ2n) is 3.26. The molecule has 0 aromatic carbocycles. The summed E-state index contributed by atoms with van der Waals surface area (Å²) < 4.78 is 10.9. The van der Waals surface area contributed by atoms with Gasteiger partial charge in [-0.2, -0.15) is 0 Å². The number of aryl methyl sites for hydroxylation is 1. The van der Waals surface area contributed by atoms with Gasteiger partial charge in [-0.05, 0) is 26.0 Å². The van der Waals surface area contributed by atoms with E-state index < -0.39 is 5.97 Å². The fourth-order valence-corrected chi connectivity index (χ4v) is 2.29. The highest BCUT2D eigenvalue weighted by atomic mass is 35.5. The molecule has 0 saturated carbocycles. The average Bonchev–Trinajstić information content (AvgIpc) is 2.85. The molecule has 0 aliphatic rings. The fourth-order valence-electron chi connectivity index (χ4n) is 1.32. The van der Waals surface area contributed by atoms with E-state index in [-0.39, 0.29) is 5.76 Å². The van der Waals surface area contributed by atoms with Gasteiger partial charge in [0.05, 0.1) is 21.5 Å². The number of ether oxygens (including phenoxy) is 1. The van der Waals surface area contributed by atoms with Crippen molar-refractivity contribution < 1.29 is 13.9 Å². The Hall–Kier alpha value is -1.33. The van der Waals surface area contributed by atoms with E-state index in [1.165, 1.54) is 11.3 Å². The van der Waals surface area contributed by atoms with Gasteiger partial charge in [0.25, 0.3) is 0 Å². The Bertz CT molecular complexity index is 547. The normalized spacial score (nSPS) is 10.5. The first-order chi connectivity index (χ1) is 8.11. The van der Waals surface area contributed by atoms with Crippen molar-refractivity contribution in [2.75, 3.05) is 6.61 Å². The van der Waals surface area contributed by atoms with Gasteiger partial charge in [-0.1, -0.05) is 11.6 Å². The summed E-state index contributed by atoms with van der Waals surface area (Å²) in [5, 5.41) is 0. The number of hydrogen-bond acceptors (Lipinski definition) is 5. The Morgan fingerprint density at radius 1 is 1.59 bits per heavy atom. The van der Waals surface area contributed by atoms with Gasteiger partial charge in [0.15, 0.2) is 0 Å². The van der Waals surface area contributed by atoms with Crippen LogP contribution in [0, 0.1) is 6.92 Å². The minimum atomic E-state index is -0.494. The van der Waals surface area contributed by atoms with Gasteiger partial charge in [-0.3, -0.25) is 0 Å². The number of thiophene rings is 1. The van der Waals surface area contributed by atoms with Crippen LogP contribution in [-0.4, -0.2) is 17.6 Å². The zero-order chi connectivity index (χ0) is 12.4. The lowest BCUT2D eigenvalue weighted by Gasteiger charge is -1.96. The van der Waals surface area contributed by atoms with Gasteiger partial charge >= 0.3 is 5.97 Å². The molecule has 2 rings (SSSR count). The van der Waals surface area contributed by atoms with Crippen LogP contribution in [-0.2, 0) is 4.74 Å². The third-order valence-electron chi connectivity index (χ3n) is 2.04. The van der Waals surface area contributed by atoms with Crippen LogP contribution in [0.1, 0.15) is 23.2 Å². The number of hydrogen-bond donors (Lipinski definition) is 0. The van der Waals surface area contributed by atoms with Gasteiger partial charge in [-0.25, -0.2) is 9.78 Å². The van der Waals surface area contributed by atoms with Crippen molar-refractivity contribution in [3.05, 3.63) is 27.9 Å². The van der Waals surface area contributed by atoms with Crippen molar-refractivity contribution >= 4 is 28.9 Å². The lowest BCUT2D eigenvalue weighted by atomic mass is 10.4. The zero-order valence-electron chi connectivity index (χ0n) is 9.32. The van der Waals surface area contributed by atoms with E-state index in [2.05, 4.69) is 4.98 Å². The molecule has 0 N–H and O–H groups in total. The van der Waals surface area contributed by atoms with Gasteiger partial charge < -0.3 is 9.15 Å². The quantitative estimate of drug-likeness (QED) is 0.801. The first kappa shape index (κ1) is 12.1. The molecule has 2 aromatic heterocycles. The van der Waals surface area contributed by atoms with Crippen LogP contribution in [0.5, 0.6) is 0 Å². The molecule has 0 aliphatic carbocycles. The number of rotatable bonds is 3. The number of halogens is 1. The number of carbonyl (C=O) groups is 1. The molecule has 0 bridgehead atoms. The maximum Gasteiger partial charge on any atom is 0.376 e. The Balaban J connectivity index is 2.33. The first-order valence-corrected chi connectivity index (χ1v) is 6.21. The van der Waals surface area contributed by atoms with E-state index in [9.17, 15) is 4.79 Å². The highest BCUT2D eigenvalue weighted by molar-refractivity contribution is 7.19. The number of nitrogens with zero attached hydrogens (tertiary/aromatic N) is 1. The van der Waals surface area contributed by atoms with Crippen LogP contribution < -0.4 is 0 Å². The van der Waals surface area contributed by atoms with E-state index in [1.807, 2.05) is 0 Å². The Labute approximate surface area is 107 Å². The third-order valence-corrected chi connectivity index (χ3v) is 3.26. The molecule has 0 radical (unpaired) electrons. The standard InChI is InChI=1S/C11H10ClNO3S/c1-3-15-11(14)9-6(2)13-10(16-9)7-4-5-8(12)17-7/h4-5H,3H2,1-2H3. The predicted octanol–water partition coefficient (Wildman–Crippen LogP) is 3.54. The van der Waals surface area contributed by atoms with Gasteiger partial charge in [0.1, 0.15) is 0 Å². The van der Waals surface area contributed by atoms with Crippen molar-refractivity contribution in [1.29, 1.82) is 0 Å². The topological polar surface area (TPSA) is 52.3 Å². The van der Waals surface area contributed by atoms with Crippen molar-refractivity contribution in [3.8, 4) is 10.8 Å². The summed E-state index contributed by atoms with van der Waals surface area (Å²) in [6.45, 7) is 3.75. The maximum absolute atomic E-state index is 11.5. The molecule has 0 aliphatic heterocycles. The molecule has 0 spiro atoms. The molecule has 90 valence electrons. The van der Waals surface area contributed by atoms with E-state index in [0.717, 1.165) is 4.88 Å². The predicted molar refractivity (Wildman–Crippen MR) is 65.5 cm³/mol. The number of oxazole rings is 1. The molecular formula is C11H10ClNO3S.